The lowest BCUT2D eigenvalue weighted by molar-refractivity contribution is -0.215. The lowest BCUT2D eigenvalue weighted by atomic mass is 9.40. The molecule has 3 N–H and O–H groups in total. The summed E-state index contributed by atoms with van der Waals surface area (Å²) in [6, 6.07) is 0. The zero-order valence-electron chi connectivity index (χ0n) is 15.7. The van der Waals surface area contributed by atoms with Crippen LogP contribution in [0.15, 0.2) is 23.3 Å². The van der Waals surface area contributed by atoms with Gasteiger partial charge in [-0.3, -0.25) is 9.59 Å². The fourth-order valence-electron chi connectivity index (χ4n) is 6.54. The molecule has 0 radical (unpaired) electrons. The molecule has 0 bridgehead atoms. The van der Waals surface area contributed by atoms with Crippen molar-refractivity contribution >= 4 is 11.8 Å². The molecule has 1 heterocycles. The highest BCUT2D eigenvalue weighted by Crippen LogP contribution is 2.70. The number of ether oxygens (including phenoxy) is 1. The first kappa shape index (κ1) is 17.9. The summed E-state index contributed by atoms with van der Waals surface area (Å²) in [6.07, 6.45) is -0.442. The van der Waals surface area contributed by atoms with E-state index < -0.39 is 64.2 Å². The van der Waals surface area contributed by atoms with Crippen LogP contribution in [0.5, 0.6) is 0 Å². The average molecular weight is 362 g/mol. The van der Waals surface area contributed by atoms with Crippen LogP contribution in [0, 0.1) is 28.6 Å². The van der Waals surface area contributed by atoms with E-state index >= 15 is 0 Å². The van der Waals surface area contributed by atoms with E-state index in [1.807, 2.05) is 19.9 Å². The second-order valence-electron chi connectivity index (χ2n) is 9.08. The van der Waals surface area contributed by atoms with Crippen LogP contribution in [-0.4, -0.2) is 51.0 Å². The van der Waals surface area contributed by atoms with E-state index in [1.54, 1.807) is 20.8 Å². The van der Waals surface area contributed by atoms with Gasteiger partial charge in [-0.2, -0.15) is 0 Å². The van der Waals surface area contributed by atoms with Gasteiger partial charge in [0, 0.05) is 16.7 Å². The number of carbonyl (C=O) groups is 2. The Kier molecular flexibility index (Phi) is 3.34. The standard InChI is InChI=1S/C20H26O6/c1-8-6-11(21)16(24)19(4)10(8)7-18(3)20(5)12(17(25)26-18)9(2)13(22)14(23)15(19)20/h6-7,9,12-16,22-24H,1-5H3. The number of rotatable bonds is 0. The Morgan fingerprint density at radius 1 is 1.08 bits per heavy atom. The van der Waals surface area contributed by atoms with Crippen molar-refractivity contribution in [1.29, 1.82) is 0 Å². The number of hydrogen-bond donors (Lipinski definition) is 3. The average Bonchev–Trinajstić information content (AvgIpc) is 2.74. The third kappa shape index (κ3) is 1.65. The van der Waals surface area contributed by atoms with Crippen molar-refractivity contribution < 1.29 is 29.6 Å². The molecule has 3 aliphatic carbocycles. The summed E-state index contributed by atoms with van der Waals surface area (Å²) in [5.41, 5.74) is -1.58. The van der Waals surface area contributed by atoms with Crippen LogP contribution in [0.3, 0.4) is 0 Å². The van der Waals surface area contributed by atoms with Crippen LogP contribution in [0.2, 0.25) is 0 Å². The lowest BCUT2D eigenvalue weighted by Gasteiger charge is -2.63. The van der Waals surface area contributed by atoms with Crippen LogP contribution in [-0.2, 0) is 14.3 Å². The van der Waals surface area contributed by atoms with E-state index in [1.165, 1.54) is 6.08 Å². The zero-order chi connectivity index (χ0) is 19.4. The maximum absolute atomic E-state index is 12.8. The maximum Gasteiger partial charge on any atom is 0.310 e. The minimum atomic E-state index is -1.35. The predicted molar refractivity (Wildman–Crippen MR) is 91.7 cm³/mol. The van der Waals surface area contributed by atoms with Crippen LogP contribution >= 0.6 is 0 Å². The normalized spacial score (nSPS) is 55.5. The molecular weight excluding hydrogens is 336 g/mol. The van der Waals surface area contributed by atoms with Gasteiger partial charge in [-0.15, -0.1) is 0 Å². The molecule has 0 aromatic carbocycles. The van der Waals surface area contributed by atoms with Gasteiger partial charge >= 0.3 is 5.97 Å². The SMILES string of the molecule is CC1=CC(=O)C(O)C2(C)C1=CC1(C)OC(=O)C3C(C)C(O)C(O)C2C31C. The molecule has 0 spiro atoms. The summed E-state index contributed by atoms with van der Waals surface area (Å²) in [6.45, 7) is 8.96. The van der Waals surface area contributed by atoms with Crippen molar-refractivity contribution in [1.82, 2.24) is 0 Å². The number of esters is 1. The molecule has 1 saturated heterocycles. The van der Waals surface area contributed by atoms with Gasteiger partial charge in [-0.1, -0.05) is 20.8 Å². The molecule has 0 amide bonds. The third-order valence-corrected chi connectivity index (χ3v) is 7.95. The van der Waals surface area contributed by atoms with Crippen molar-refractivity contribution in [3.8, 4) is 0 Å². The molecule has 9 atom stereocenters. The number of ketones is 1. The Balaban J connectivity index is 2.07. The number of aliphatic hydroxyl groups excluding tert-OH is 3. The molecule has 0 aromatic heterocycles. The van der Waals surface area contributed by atoms with E-state index in [2.05, 4.69) is 0 Å². The van der Waals surface area contributed by atoms with Crippen molar-refractivity contribution in [3.05, 3.63) is 23.3 Å². The van der Waals surface area contributed by atoms with Crippen LogP contribution in [0.1, 0.15) is 34.6 Å². The molecule has 2 fully saturated rings. The minimum Gasteiger partial charge on any atom is -0.454 e. The molecule has 0 aromatic rings. The molecule has 6 heteroatoms. The van der Waals surface area contributed by atoms with Gasteiger partial charge in [0.15, 0.2) is 5.78 Å². The smallest absolute Gasteiger partial charge is 0.310 e. The number of hydrogen-bond acceptors (Lipinski definition) is 6. The van der Waals surface area contributed by atoms with Gasteiger partial charge in [0.05, 0.1) is 18.1 Å². The largest absolute Gasteiger partial charge is 0.454 e. The van der Waals surface area contributed by atoms with E-state index in [4.69, 9.17) is 4.74 Å². The van der Waals surface area contributed by atoms with Crippen molar-refractivity contribution in [2.75, 3.05) is 0 Å². The van der Waals surface area contributed by atoms with Gasteiger partial charge < -0.3 is 20.1 Å². The molecule has 142 valence electrons. The molecular formula is C20H26O6. The Morgan fingerprint density at radius 2 is 1.69 bits per heavy atom. The monoisotopic (exact) mass is 362 g/mol. The molecule has 1 aliphatic heterocycles. The van der Waals surface area contributed by atoms with Gasteiger partial charge in [-0.25, -0.2) is 0 Å². The van der Waals surface area contributed by atoms with E-state index in [-0.39, 0.29) is 0 Å². The van der Waals surface area contributed by atoms with E-state index in [0.29, 0.717) is 11.1 Å². The Hall–Kier alpha value is -1.50. The summed E-state index contributed by atoms with van der Waals surface area (Å²) in [4.78, 5) is 25.2. The van der Waals surface area contributed by atoms with Crippen molar-refractivity contribution in [3.63, 3.8) is 0 Å². The first-order valence-corrected chi connectivity index (χ1v) is 9.14. The number of carbonyl (C=O) groups excluding carboxylic acids is 2. The molecule has 1 saturated carbocycles. The zero-order valence-corrected chi connectivity index (χ0v) is 15.7. The third-order valence-electron chi connectivity index (χ3n) is 7.95. The molecule has 4 rings (SSSR count). The highest BCUT2D eigenvalue weighted by atomic mass is 16.6. The van der Waals surface area contributed by atoms with E-state index in [9.17, 15) is 24.9 Å². The highest BCUT2D eigenvalue weighted by Gasteiger charge is 2.76. The summed E-state index contributed by atoms with van der Waals surface area (Å²) < 4.78 is 5.81. The fraction of sp³-hybridized carbons (Fsp3) is 0.700. The van der Waals surface area contributed by atoms with Crippen LogP contribution in [0.4, 0.5) is 0 Å². The van der Waals surface area contributed by atoms with Gasteiger partial charge in [0.2, 0.25) is 0 Å². The molecule has 9 unspecified atom stereocenters. The summed E-state index contributed by atoms with van der Waals surface area (Å²) in [7, 11) is 0. The lowest BCUT2D eigenvalue weighted by Crippen LogP contribution is -2.70. The Labute approximate surface area is 152 Å². The van der Waals surface area contributed by atoms with Crippen LogP contribution < -0.4 is 0 Å². The second kappa shape index (κ2) is 4.86. The van der Waals surface area contributed by atoms with Gasteiger partial charge in [-0.05, 0) is 43.1 Å². The predicted octanol–water partition coefficient (Wildman–Crippen LogP) is 0.748. The summed E-state index contributed by atoms with van der Waals surface area (Å²) in [5, 5.41) is 32.6. The molecule has 4 aliphatic rings. The Morgan fingerprint density at radius 3 is 2.31 bits per heavy atom. The van der Waals surface area contributed by atoms with Gasteiger partial charge in [0.1, 0.15) is 11.7 Å². The first-order valence-electron chi connectivity index (χ1n) is 9.14. The first-order chi connectivity index (χ1) is 11.9. The maximum atomic E-state index is 12.8. The quantitative estimate of drug-likeness (QED) is 0.550. The summed E-state index contributed by atoms with van der Waals surface area (Å²) >= 11 is 0. The van der Waals surface area contributed by atoms with E-state index in [0.717, 1.165) is 0 Å². The second-order valence-corrected chi connectivity index (χ2v) is 9.08. The topological polar surface area (TPSA) is 104 Å². The number of fused-ring (bicyclic) bond motifs is 2. The van der Waals surface area contributed by atoms with Crippen molar-refractivity contribution in [2.45, 2.75) is 58.5 Å². The minimum absolute atomic E-state index is 0.403. The summed E-state index contributed by atoms with van der Waals surface area (Å²) in [5.74, 6) is -2.66. The Bertz CT molecular complexity index is 783. The van der Waals surface area contributed by atoms with Crippen LogP contribution in [0.25, 0.3) is 0 Å². The number of allylic oxidation sites excluding steroid dienone is 1. The molecule has 6 nitrogen and oxygen atoms in total. The van der Waals surface area contributed by atoms with Crippen molar-refractivity contribution in [2.24, 2.45) is 28.6 Å². The highest BCUT2D eigenvalue weighted by molar-refractivity contribution is 5.98. The molecule has 26 heavy (non-hydrogen) atoms. The van der Waals surface area contributed by atoms with Gasteiger partial charge in [0.25, 0.3) is 0 Å². The fourth-order valence-corrected chi connectivity index (χ4v) is 6.54. The number of aliphatic hydroxyl groups is 3.